The van der Waals surface area contributed by atoms with Crippen molar-refractivity contribution in [3.05, 3.63) is 0 Å². The molecule has 0 radical (unpaired) electrons. The monoisotopic (exact) mass is 333 g/mol. The molecule has 1 aliphatic carbocycles. The van der Waals surface area contributed by atoms with Gasteiger partial charge < -0.3 is 16.0 Å². The third-order valence-corrected chi connectivity index (χ3v) is 4.00. The van der Waals surface area contributed by atoms with Crippen LogP contribution in [-0.2, 0) is 9.59 Å². The Balaban J connectivity index is 0.00000441. The Labute approximate surface area is 140 Å². The third kappa shape index (κ3) is 9.26. The Hall–Kier alpha value is -0.810. The van der Waals surface area contributed by atoms with Gasteiger partial charge in [-0.1, -0.05) is 26.2 Å². The number of carbonyl (C=O) groups is 2. The van der Waals surface area contributed by atoms with Gasteiger partial charge in [-0.05, 0) is 38.6 Å². The number of amides is 2. The van der Waals surface area contributed by atoms with Gasteiger partial charge in [0.25, 0.3) is 0 Å². The van der Waals surface area contributed by atoms with Crippen LogP contribution in [0.15, 0.2) is 0 Å². The average molecular weight is 334 g/mol. The van der Waals surface area contributed by atoms with Crippen molar-refractivity contribution < 1.29 is 9.59 Å². The fraction of sp³-hybridized carbons (Fsp3) is 0.875. The second-order valence-electron chi connectivity index (χ2n) is 6.04. The Morgan fingerprint density at radius 3 is 2.41 bits per heavy atom. The van der Waals surface area contributed by atoms with E-state index in [1.807, 2.05) is 0 Å². The molecule has 1 aliphatic rings. The van der Waals surface area contributed by atoms with E-state index < -0.39 is 6.04 Å². The first kappa shape index (κ1) is 21.2. The van der Waals surface area contributed by atoms with Crippen LogP contribution in [0.1, 0.15) is 58.8 Å². The predicted octanol–water partition coefficient (Wildman–Crippen LogP) is 2.00. The van der Waals surface area contributed by atoms with Gasteiger partial charge in [0.1, 0.15) is 6.04 Å². The predicted molar refractivity (Wildman–Crippen MR) is 92.2 cm³/mol. The first-order valence-electron chi connectivity index (χ1n) is 8.41. The van der Waals surface area contributed by atoms with E-state index in [-0.39, 0.29) is 24.2 Å². The van der Waals surface area contributed by atoms with Crippen LogP contribution in [0, 0.1) is 5.92 Å². The molecule has 5 nitrogen and oxygen atoms in total. The Kier molecular flexibility index (Phi) is 12.2. The largest absolute Gasteiger partial charge is 0.353 e. The first-order chi connectivity index (χ1) is 10.1. The molecule has 6 heteroatoms. The van der Waals surface area contributed by atoms with E-state index in [1.54, 1.807) is 6.92 Å². The SMILES string of the molecule is CCCNCCNC(=O)C(C)NC(=O)CC1CCCCC1.Cl. The van der Waals surface area contributed by atoms with Crippen molar-refractivity contribution in [3.63, 3.8) is 0 Å². The molecule has 3 N–H and O–H groups in total. The topological polar surface area (TPSA) is 70.2 Å². The lowest BCUT2D eigenvalue weighted by atomic mass is 9.87. The highest BCUT2D eigenvalue weighted by Gasteiger charge is 2.20. The molecule has 1 unspecified atom stereocenters. The standard InChI is InChI=1S/C16H31N3O2.ClH/c1-3-9-17-10-11-18-16(21)13(2)19-15(20)12-14-7-5-4-6-8-14;/h13-14,17H,3-12H2,1-2H3,(H,18,21)(H,19,20);1H. The normalized spacial score (nSPS) is 16.5. The summed E-state index contributed by atoms with van der Waals surface area (Å²) in [6.07, 6.45) is 7.71. The van der Waals surface area contributed by atoms with Gasteiger partial charge in [-0.3, -0.25) is 9.59 Å². The van der Waals surface area contributed by atoms with Gasteiger partial charge in [0.2, 0.25) is 11.8 Å². The van der Waals surface area contributed by atoms with E-state index in [0.717, 1.165) is 32.4 Å². The van der Waals surface area contributed by atoms with Crippen molar-refractivity contribution in [1.29, 1.82) is 0 Å². The summed E-state index contributed by atoms with van der Waals surface area (Å²) in [6, 6.07) is -0.452. The zero-order valence-electron chi connectivity index (χ0n) is 14.0. The molecule has 1 rings (SSSR count). The molecule has 0 bridgehead atoms. The summed E-state index contributed by atoms with van der Waals surface area (Å²) in [7, 11) is 0. The lowest BCUT2D eigenvalue weighted by Gasteiger charge is -2.22. The number of carbonyl (C=O) groups excluding carboxylic acids is 2. The molecule has 0 saturated heterocycles. The lowest BCUT2D eigenvalue weighted by Crippen LogP contribution is -2.46. The third-order valence-electron chi connectivity index (χ3n) is 4.00. The van der Waals surface area contributed by atoms with Crippen molar-refractivity contribution in [2.75, 3.05) is 19.6 Å². The minimum atomic E-state index is -0.452. The van der Waals surface area contributed by atoms with Gasteiger partial charge in [0, 0.05) is 19.5 Å². The van der Waals surface area contributed by atoms with E-state index in [9.17, 15) is 9.59 Å². The van der Waals surface area contributed by atoms with Crippen LogP contribution in [0.5, 0.6) is 0 Å². The number of hydrogen-bond acceptors (Lipinski definition) is 3. The van der Waals surface area contributed by atoms with Gasteiger partial charge in [0.15, 0.2) is 0 Å². The number of rotatable bonds is 9. The van der Waals surface area contributed by atoms with E-state index in [2.05, 4.69) is 22.9 Å². The average Bonchev–Trinajstić information content (AvgIpc) is 2.47. The maximum Gasteiger partial charge on any atom is 0.242 e. The van der Waals surface area contributed by atoms with E-state index in [0.29, 0.717) is 18.9 Å². The number of hydrogen-bond donors (Lipinski definition) is 3. The molecule has 1 fully saturated rings. The van der Waals surface area contributed by atoms with Crippen LogP contribution in [0.2, 0.25) is 0 Å². The zero-order chi connectivity index (χ0) is 15.5. The van der Waals surface area contributed by atoms with Gasteiger partial charge >= 0.3 is 0 Å². The van der Waals surface area contributed by atoms with Crippen LogP contribution in [0.3, 0.4) is 0 Å². The Morgan fingerprint density at radius 2 is 1.77 bits per heavy atom. The minimum Gasteiger partial charge on any atom is -0.353 e. The second-order valence-corrected chi connectivity index (χ2v) is 6.04. The van der Waals surface area contributed by atoms with Crippen molar-refractivity contribution in [2.45, 2.75) is 64.8 Å². The molecule has 130 valence electrons. The summed E-state index contributed by atoms with van der Waals surface area (Å²) in [6.45, 7) is 6.18. The second kappa shape index (κ2) is 12.7. The smallest absolute Gasteiger partial charge is 0.242 e. The highest BCUT2D eigenvalue weighted by atomic mass is 35.5. The van der Waals surface area contributed by atoms with Gasteiger partial charge in [-0.2, -0.15) is 0 Å². The summed E-state index contributed by atoms with van der Waals surface area (Å²) in [5.41, 5.74) is 0. The van der Waals surface area contributed by atoms with E-state index >= 15 is 0 Å². The molecule has 0 heterocycles. The highest BCUT2D eigenvalue weighted by Crippen LogP contribution is 2.26. The molecule has 22 heavy (non-hydrogen) atoms. The van der Waals surface area contributed by atoms with Gasteiger partial charge in [-0.25, -0.2) is 0 Å². The summed E-state index contributed by atoms with van der Waals surface area (Å²) in [5.74, 6) is 0.409. The number of halogens is 1. The first-order valence-corrected chi connectivity index (χ1v) is 8.41. The molecule has 0 aromatic carbocycles. The number of nitrogens with one attached hydrogen (secondary N) is 3. The zero-order valence-corrected chi connectivity index (χ0v) is 14.8. The molecule has 0 aromatic rings. The highest BCUT2D eigenvalue weighted by molar-refractivity contribution is 5.87. The lowest BCUT2D eigenvalue weighted by molar-refractivity contribution is -0.129. The van der Waals surface area contributed by atoms with Crippen LogP contribution < -0.4 is 16.0 Å². The van der Waals surface area contributed by atoms with Crippen LogP contribution in [0.25, 0.3) is 0 Å². The van der Waals surface area contributed by atoms with Crippen molar-refractivity contribution in [1.82, 2.24) is 16.0 Å². The minimum absolute atomic E-state index is 0. The van der Waals surface area contributed by atoms with Crippen LogP contribution >= 0.6 is 12.4 Å². The Bertz CT molecular complexity index is 321. The van der Waals surface area contributed by atoms with Crippen molar-refractivity contribution >= 4 is 24.2 Å². The molecular weight excluding hydrogens is 302 g/mol. The fourth-order valence-corrected chi connectivity index (χ4v) is 2.75. The molecule has 1 atom stereocenters. The summed E-state index contributed by atoms with van der Waals surface area (Å²) >= 11 is 0. The summed E-state index contributed by atoms with van der Waals surface area (Å²) in [4.78, 5) is 23.8. The van der Waals surface area contributed by atoms with Crippen molar-refractivity contribution in [2.24, 2.45) is 5.92 Å². The molecule has 0 aliphatic heterocycles. The summed E-state index contributed by atoms with van der Waals surface area (Å²) in [5, 5.41) is 8.86. The quantitative estimate of drug-likeness (QED) is 0.565. The summed E-state index contributed by atoms with van der Waals surface area (Å²) < 4.78 is 0. The van der Waals surface area contributed by atoms with E-state index in [4.69, 9.17) is 0 Å². The van der Waals surface area contributed by atoms with Crippen LogP contribution in [-0.4, -0.2) is 37.5 Å². The molecular formula is C16H32ClN3O2. The molecule has 2 amide bonds. The van der Waals surface area contributed by atoms with Crippen LogP contribution in [0.4, 0.5) is 0 Å². The fourth-order valence-electron chi connectivity index (χ4n) is 2.75. The molecule has 0 aromatic heterocycles. The van der Waals surface area contributed by atoms with Crippen molar-refractivity contribution in [3.8, 4) is 0 Å². The maximum absolute atomic E-state index is 11.9. The van der Waals surface area contributed by atoms with Gasteiger partial charge in [0.05, 0.1) is 0 Å². The van der Waals surface area contributed by atoms with E-state index in [1.165, 1.54) is 19.3 Å². The van der Waals surface area contributed by atoms with Gasteiger partial charge in [-0.15, -0.1) is 12.4 Å². The Morgan fingerprint density at radius 1 is 1.09 bits per heavy atom. The molecule has 0 spiro atoms. The maximum atomic E-state index is 11.9. The molecule has 1 saturated carbocycles.